The van der Waals surface area contributed by atoms with Crippen molar-refractivity contribution in [2.45, 2.75) is 31.0 Å². The molecule has 1 fully saturated rings. The number of nitrogens with zero attached hydrogens (tertiary/aromatic N) is 3. The molecule has 9 nitrogen and oxygen atoms in total. The van der Waals surface area contributed by atoms with Gasteiger partial charge in [0.1, 0.15) is 0 Å². The normalized spacial score (nSPS) is 16.6. The van der Waals surface area contributed by atoms with Crippen LogP contribution < -0.4 is 21.3 Å². The third-order valence-electron chi connectivity index (χ3n) is 5.99. The van der Waals surface area contributed by atoms with E-state index in [9.17, 15) is 13.2 Å². The minimum Gasteiger partial charge on any atom is -0.366 e. The molecule has 10 heteroatoms. The maximum atomic E-state index is 13.3. The van der Waals surface area contributed by atoms with Gasteiger partial charge in [0.15, 0.2) is 0 Å². The first-order valence-corrected chi connectivity index (χ1v) is 12.9. The van der Waals surface area contributed by atoms with E-state index in [1.807, 2.05) is 31.2 Å². The van der Waals surface area contributed by atoms with Crippen LogP contribution in [0.2, 0.25) is 0 Å². The van der Waals surface area contributed by atoms with Gasteiger partial charge in [-0.3, -0.25) is 4.98 Å². The summed E-state index contributed by atoms with van der Waals surface area (Å²) in [5.41, 5.74) is 9.25. The lowest BCUT2D eigenvalue weighted by molar-refractivity contribution is 0.251. The van der Waals surface area contributed by atoms with Crippen molar-refractivity contribution in [3.63, 3.8) is 0 Å². The fraction of sp³-hybridized carbons (Fsp3) is 0.280. The van der Waals surface area contributed by atoms with E-state index in [-0.39, 0.29) is 17.0 Å². The van der Waals surface area contributed by atoms with Crippen LogP contribution in [-0.4, -0.2) is 49.4 Å². The van der Waals surface area contributed by atoms with E-state index < -0.39 is 10.0 Å². The van der Waals surface area contributed by atoms with Gasteiger partial charge in [-0.15, -0.1) is 0 Å². The van der Waals surface area contributed by atoms with E-state index in [1.165, 1.54) is 16.4 Å². The number of nitrogens with one attached hydrogen (secondary N) is 2. The van der Waals surface area contributed by atoms with Crippen LogP contribution >= 0.6 is 0 Å². The third-order valence-corrected chi connectivity index (χ3v) is 7.87. The Hall–Kier alpha value is -3.47. The number of piperazine rings is 1. The number of nitrogens with two attached hydrogens (primary N) is 1. The standard InChI is InChI=1S/C25H30N6O3S/c1-19-18-30(12-13-31(19)23-6-2-4-20(14-23)15-26)35(33,34)24-9-7-22(8-10-24)29-25(32)28-17-21-5-3-11-27-16-21/h2-11,14,16,19H,12-13,15,17-18,26H2,1H3,(H2,28,29,32)/t19-/m0/s1. The molecule has 0 saturated carbocycles. The first-order chi connectivity index (χ1) is 16.9. The van der Waals surface area contributed by atoms with Crippen molar-refractivity contribution in [2.75, 3.05) is 29.9 Å². The van der Waals surface area contributed by atoms with Crippen LogP contribution in [0.15, 0.2) is 78.0 Å². The Morgan fingerprint density at radius 2 is 1.86 bits per heavy atom. The van der Waals surface area contributed by atoms with Gasteiger partial charge in [-0.25, -0.2) is 13.2 Å². The van der Waals surface area contributed by atoms with Gasteiger partial charge in [0, 0.05) is 62.5 Å². The quantitative estimate of drug-likeness (QED) is 0.465. The highest BCUT2D eigenvalue weighted by Crippen LogP contribution is 2.26. The average Bonchev–Trinajstić information content (AvgIpc) is 2.88. The number of sulfonamides is 1. The number of carbonyl (C=O) groups excluding carboxylic acids is 1. The summed E-state index contributed by atoms with van der Waals surface area (Å²) in [7, 11) is -3.65. The van der Waals surface area contributed by atoms with Gasteiger partial charge in [0.05, 0.1) is 4.90 Å². The second-order valence-electron chi connectivity index (χ2n) is 8.47. The predicted molar refractivity (Wildman–Crippen MR) is 136 cm³/mol. The molecule has 4 rings (SSSR count). The molecule has 0 radical (unpaired) electrons. The van der Waals surface area contributed by atoms with Crippen molar-refractivity contribution in [1.82, 2.24) is 14.6 Å². The Labute approximate surface area is 206 Å². The van der Waals surface area contributed by atoms with E-state index in [2.05, 4.69) is 26.6 Å². The highest BCUT2D eigenvalue weighted by molar-refractivity contribution is 7.89. The van der Waals surface area contributed by atoms with Crippen molar-refractivity contribution in [3.05, 3.63) is 84.2 Å². The lowest BCUT2D eigenvalue weighted by atomic mass is 10.1. The van der Waals surface area contributed by atoms with Crippen molar-refractivity contribution in [3.8, 4) is 0 Å². The summed E-state index contributed by atoms with van der Waals surface area (Å²) in [6, 6.07) is 17.6. The number of benzene rings is 2. The summed E-state index contributed by atoms with van der Waals surface area (Å²) < 4.78 is 28.0. The van der Waals surface area contributed by atoms with E-state index in [0.717, 1.165) is 16.8 Å². The van der Waals surface area contributed by atoms with E-state index in [4.69, 9.17) is 5.73 Å². The fourth-order valence-electron chi connectivity index (χ4n) is 4.11. The molecule has 4 N–H and O–H groups in total. The second kappa shape index (κ2) is 10.9. The molecular weight excluding hydrogens is 464 g/mol. The highest BCUT2D eigenvalue weighted by Gasteiger charge is 2.32. The van der Waals surface area contributed by atoms with Gasteiger partial charge in [-0.2, -0.15) is 4.31 Å². The van der Waals surface area contributed by atoms with Crippen LogP contribution in [0.1, 0.15) is 18.1 Å². The van der Waals surface area contributed by atoms with Crippen molar-refractivity contribution in [2.24, 2.45) is 5.73 Å². The number of aromatic nitrogens is 1. The molecule has 1 saturated heterocycles. The summed E-state index contributed by atoms with van der Waals surface area (Å²) in [5, 5.41) is 5.46. The SMILES string of the molecule is C[C@H]1CN(S(=O)(=O)c2ccc(NC(=O)NCc3cccnc3)cc2)CCN1c1cccc(CN)c1. The second-order valence-corrected chi connectivity index (χ2v) is 10.4. The molecular formula is C25H30N6O3S. The minimum atomic E-state index is -3.65. The Kier molecular flexibility index (Phi) is 7.64. The van der Waals surface area contributed by atoms with Crippen LogP contribution in [-0.2, 0) is 23.1 Å². The lowest BCUT2D eigenvalue weighted by Gasteiger charge is -2.40. The summed E-state index contributed by atoms with van der Waals surface area (Å²) in [6.45, 7) is 4.18. The maximum absolute atomic E-state index is 13.3. The number of pyridine rings is 1. The Bertz CT molecular complexity index is 1250. The molecule has 1 aromatic heterocycles. The molecule has 2 aromatic carbocycles. The van der Waals surface area contributed by atoms with Gasteiger partial charge in [-0.1, -0.05) is 18.2 Å². The number of urea groups is 1. The molecule has 0 bridgehead atoms. The first kappa shape index (κ1) is 24.6. The number of hydrogen-bond donors (Lipinski definition) is 3. The molecule has 1 aliphatic heterocycles. The summed E-state index contributed by atoms with van der Waals surface area (Å²) in [5.74, 6) is 0. The van der Waals surface area contributed by atoms with Crippen molar-refractivity contribution in [1.29, 1.82) is 0 Å². The smallest absolute Gasteiger partial charge is 0.319 e. The molecule has 35 heavy (non-hydrogen) atoms. The molecule has 2 heterocycles. The molecule has 3 aromatic rings. The maximum Gasteiger partial charge on any atom is 0.319 e. The largest absolute Gasteiger partial charge is 0.366 e. The van der Waals surface area contributed by atoms with Gasteiger partial charge >= 0.3 is 6.03 Å². The van der Waals surface area contributed by atoms with Crippen LogP contribution in [0.3, 0.4) is 0 Å². The highest BCUT2D eigenvalue weighted by atomic mass is 32.2. The molecule has 0 unspecified atom stereocenters. The van der Waals surface area contributed by atoms with Gasteiger partial charge in [0.25, 0.3) is 0 Å². The fourth-order valence-corrected chi connectivity index (χ4v) is 5.62. The van der Waals surface area contributed by atoms with Gasteiger partial charge < -0.3 is 21.3 Å². The first-order valence-electron chi connectivity index (χ1n) is 11.5. The number of carbonyl (C=O) groups is 1. The average molecular weight is 495 g/mol. The summed E-state index contributed by atoms with van der Waals surface area (Å²) >= 11 is 0. The monoisotopic (exact) mass is 494 g/mol. The van der Waals surface area contributed by atoms with Gasteiger partial charge in [-0.05, 0) is 60.5 Å². The summed E-state index contributed by atoms with van der Waals surface area (Å²) in [6.07, 6.45) is 3.35. The van der Waals surface area contributed by atoms with Gasteiger partial charge in [0.2, 0.25) is 10.0 Å². The molecule has 0 spiro atoms. The number of amides is 2. The van der Waals surface area contributed by atoms with E-state index >= 15 is 0 Å². The van der Waals surface area contributed by atoms with Crippen LogP contribution in [0.4, 0.5) is 16.2 Å². The predicted octanol–water partition coefficient (Wildman–Crippen LogP) is 2.76. The lowest BCUT2D eigenvalue weighted by Crippen LogP contribution is -2.53. The topological polar surface area (TPSA) is 121 Å². The zero-order valence-electron chi connectivity index (χ0n) is 19.6. The number of hydrogen-bond acceptors (Lipinski definition) is 6. The van der Waals surface area contributed by atoms with Crippen molar-refractivity contribution >= 4 is 27.4 Å². The van der Waals surface area contributed by atoms with Crippen molar-refractivity contribution < 1.29 is 13.2 Å². The van der Waals surface area contributed by atoms with E-state index in [0.29, 0.717) is 38.4 Å². The summed E-state index contributed by atoms with van der Waals surface area (Å²) in [4.78, 5) is 18.6. The number of anilines is 2. The number of rotatable bonds is 7. The Balaban J connectivity index is 1.36. The van der Waals surface area contributed by atoms with Crippen LogP contribution in [0.5, 0.6) is 0 Å². The Morgan fingerprint density at radius 1 is 1.09 bits per heavy atom. The third kappa shape index (κ3) is 5.97. The van der Waals surface area contributed by atoms with Crippen LogP contribution in [0.25, 0.3) is 0 Å². The molecule has 1 atom stereocenters. The minimum absolute atomic E-state index is 0.0102. The molecule has 1 aliphatic rings. The van der Waals surface area contributed by atoms with E-state index in [1.54, 1.807) is 30.6 Å². The van der Waals surface area contributed by atoms with Crippen LogP contribution in [0, 0.1) is 0 Å². The zero-order chi connectivity index (χ0) is 24.8. The Morgan fingerprint density at radius 3 is 2.54 bits per heavy atom. The molecule has 184 valence electrons. The molecule has 2 amide bonds. The zero-order valence-corrected chi connectivity index (χ0v) is 20.4. The molecule has 0 aliphatic carbocycles.